The third-order valence-corrected chi connectivity index (χ3v) is 4.65. The zero-order valence-electron chi connectivity index (χ0n) is 11.1. The monoisotopic (exact) mass is 386 g/mol. The Morgan fingerprint density at radius 3 is 2.29 bits per heavy atom. The van der Waals surface area contributed by atoms with Crippen molar-refractivity contribution in [1.29, 1.82) is 0 Å². The predicted molar refractivity (Wildman–Crippen MR) is 88.9 cm³/mol. The normalized spacial score (nSPS) is 15.4. The van der Waals surface area contributed by atoms with Gasteiger partial charge < -0.3 is 9.47 Å². The number of rotatable bonds is 2. The van der Waals surface area contributed by atoms with Gasteiger partial charge in [0.05, 0.1) is 18.6 Å². The average Bonchev–Trinajstić information content (AvgIpc) is 2.71. The second kappa shape index (κ2) is 6.47. The third kappa shape index (κ3) is 3.31. The third-order valence-electron chi connectivity index (χ3n) is 3.30. The van der Waals surface area contributed by atoms with Gasteiger partial charge in [0.1, 0.15) is 0 Å². The van der Waals surface area contributed by atoms with Crippen LogP contribution < -0.4 is 9.47 Å². The minimum absolute atomic E-state index is 0.331. The number of hydrogen-bond acceptors (Lipinski definition) is 2. The molecule has 0 bridgehead atoms. The lowest BCUT2D eigenvalue weighted by Gasteiger charge is -2.16. The number of alkyl halides is 1. The van der Waals surface area contributed by atoms with Gasteiger partial charge in [0.15, 0.2) is 11.5 Å². The summed E-state index contributed by atoms with van der Waals surface area (Å²) in [5.41, 5.74) is 1.81. The van der Waals surface area contributed by atoms with Gasteiger partial charge in [-0.3, -0.25) is 0 Å². The van der Waals surface area contributed by atoms with Crippen LogP contribution in [-0.4, -0.2) is 13.2 Å². The van der Waals surface area contributed by atoms with E-state index in [1.54, 1.807) is 6.07 Å². The first-order valence-electron chi connectivity index (χ1n) is 6.64. The topological polar surface area (TPSA) is 18.5 Å². The SMILES string of the molecule is Clc1cc2c(cc1C(Cl)c1ccc(Br)cc1)OCCCO2. The van der Waals surface area contributed by atoms with E-state index in [-0.39, 0.29) is 5.38 Å². The summed E-state index contributed by atoms with van der Waals surface area (Å²) in [6.07, 6.45) is 0.860. The predicted octanol–water partition coefficient (Wildman–Crippen LogP) is 5.59. The van der Waals surface area contributed by atoms with Gasteiger partial charge >= 0.3 is 0 Å². The highest BCUT2D eigenvalue weighted by Gasteiger charge is 2.20. The standard InChI is InChI=1S/C16H13BrCl2O2/c17-11-4-2-10(3-5-11)16(19)12-8-14-15(9-13(12)18)21-7-1-6-20-14/h2-5,8-9,16H,1,6-7H2. The Labute approximate surface area is 142 Å². The van der Waals surface area contributed by atoms with Gasteiger partial charge in [0.25, 0.3) is 0 Å². The fourth-order valence-corrected chi connectivity index (χ4v) is 3.11. The highest BCUT2D eigenvalue weighted by atomic mass is 79.9. The lowest BCUT2D eigenvalue weighted by atomic mass is 10.0. The number of fused-ring (bicyclic) bond motifs is 1. The van der Waals surface area contributed by atoms with E-state index in [0.29, 0.717) is 29.7 Å². The van der Waals surface area contributed by atoms with E-state index in [2.05, 4.69) is 15.9 Å². The van der Waals surface area contributed by atoms with Gasteiger partial charge in [-0.05, 0) is 29.3 Å². The molecule has 0 spiro atoms. The highest BCUT2D eigenvalue weighted by molar-refractivity contribution is 9.10. The Morgan fingerprint density at radius 1 is 1.00 bits per heavy atom. The molecule has 0 fully saturated rings. The summed E-state index contributed by atoms with van der Waals surface area (Å²) in [4.78, 5) is 0. The first kappa shape index (κ1) is 15.0. The van der Waals surface area contributed by atoms with Crippen molar-refractivity contribution < 1.29 is 9.47 Å². The van der Waals surface area contributed by atoms with Crippen molar-refractivity contribution in [2.75, 3.05) is 13.2 Å². The van der Waals surface area contributed by atoms with Gasteiger partial charge in [-0.25, -0.2) is 0 Å². The molecule has 3 rings (SSSR count). The molecule has 1 aliphatic rings. The Balaban J connectivity index is 1.97. The second-order valence-corrected chi connectivity index (χ2v) is 6.54. The number of hydrogen-bond donors (Lipinski definition) is 0. The van der Waals surface area contributed by atoms with Crippen LogP contribution in [0.3, 0.4) is 0 Å². The molecule has 21 heavy (non-hydrogen) atoms. The molecule has 1 unspecified atom stereocenters. The van der Waals surface area contributed by atoms with Crippen LogP contribution in [0.4, 0.5) is 0 Å². The van der Waals surface area contributed by atoms with E-state index >= 15 is 0 Å². The largest absolute Gasteiger partial charge is 0.490 e. The van der Waals surface area contributed by atoms with Crippen LogP contribution in [0.1, 0.15) is 22.9 Å². The van der Waals surface area contributed by atoms with E-state index in [1.807, 2.05) is 30.3 Å². The van der Waals surface area contributed by atoms with Gasteiger partial charge in [-0.15, -0.1) is 11.6 Å². The molecule has 0 aliphatic carbocycles. The van der Waals surface area contributed by atoms with Crippen molar-refractivity contribution in [2.45, 2.75) is 11.8 Å². The fraction of sp³-hybridized carbons (Fsp3) is 0.250. The molecule has 0 amide bonds. The number of ether oxygens (including phenoxy) is 2. The number of benzene rings is 2. The fourth-order valence-electron chi connectivity index (χ4n) is 2.21. The quantitative estimate of drug-likeness (QED) is 0.625. The van der Waals surface area contributed by atoms with Crippen LogP contribution in [-0.2, 0) is 0 Å². The molecular weight excluding hydrogens is 375 g/mol. The smallest absolute Gasteiger partial charge is 0.162 e. The van der Waals surface area contributed by atoms with Crippen LogP contribution >= 0.6 is 39.1 Å². The summed E-state index contributed by atoms with van der Waals surface area (Å²) in [7, 11) is 0. The summed E-state index contributed by atoms with van der Waals surface area (Å²) >= 11 is 16.4. The van der Waals surface area contributed by atoms with Crippen molar-refractivity contribution in [2.24, 2.45) is 0 Å². The first-order chi connectivity index (χ1) is 10.1. The van der Waals surface area contributed by atoms with Crippen LogP contribution in [0.15, 0.2) is 40.9 Å². The molecule has 0 saturated heterocycles. The summed E-state index contributed by atoms with van der Waals surface area (Å²) in [6.45, 7) is 1.28. The summed E-state index contributed by atoms with van der Waals surface area (Å²) in [5, 5.41) is 0.255. The molecule has 1 aliphatic heterocycles. The molecule has 110 valence electrons. The second-order valence-electron chi connectivity index (χ2n) is 4.79. The molecule has 0 N–H and O–H groups in total. The Morgan fingerprint density at radius 2 is 1.62 bits per heavy atom. The summed E-state index contributed by atoms with van der Waals surface area (Å²) in [5.74, 6) is 1.38. The molecular formula is C16H13BrCl2O2. The minimum atomic E-state index is -0.331. The van der Waals surface area contributed by atoms with E-state index in [1.165, 1.54) is 0 Å². The maximum Gasteiger partial charge on any atom is 0.162 e. The van der Waals surface area contributed by atoms with Crippen molar-refractivity contribution in [3.8, 4) is 11.5 Å². The van der Waals surface area contributed by atoms with Gasteiger partial charge in [-0.1, -0.05) is 39.7 Å². The van der Waals surface area contributed by atoms with Gasteiger partial charge in [0, 0.05) is 22.0 Å². The molecule has 1 heterocycles. The van der Waals surface area contributed by atoms with E-state index < -0.39 is 0 Å². The molecule has 5 heteroatoms. The molecule has 0 aromatic heterocycles. The van der Waals surface area contributed by atoms with Crippen molar-refractivity contribution >= 4 is 39.1 Å². The molecule has 2 aromatic rings. The van der Waals surface area contributed by atoms with Gasteiger partial charge in [0.2, 0.25) is 0 Å². The van der Waals surface area contributed by atoms with Crippen molar-refractivity contribution in [3.63, 3.8) is 0 Å². The van der Waals surface area contributed by atoms with E-state index in [0.717, 1.165) is 22.0 Å². The van der Waals surface area contributed by atoms with Crippen molar-refractivity contribution in [3.05, 3.63) is 57.0 Å². The lowest BCUT2D eigenvalue weighted by Crippen LogP contribution is -1.98. The first-order valence-corrected chi connectivity index (χ1v) is 8.24. The highest BCUT2D eigenvalue weighted by Crippen LogP contribution is 2.41. The zero-order valence-corrected chi connectivity index (χ0v) is 14.2. The average molecular weight is 388 g/mol. The van der Waals surface area contributed by atoms with E-state index in [4.69, 9.17) is 32.7 Å². The van der Waals surface area contributed by atoms with E-state index in [9.17, 15) is 0 Å². The summed E-state index contributed by atoms with van der Waals surface area (Å²) < 4.78 is 12.3. The van der Waals surface area contributed by atoms with Crippen LogP contribution in [0.5, 0.6) is 11.5 Å². The molecule has 1 atom stereocenters. The summed E-state index contributed by atoms with van der Waals surface area (Å²) in [6, 6.07) is 11.5. The molecule has 0 saturated carbocycles. The molecule has 2 aromatic carbocycles. The van der Waals surface area contributed by atoms with Gasteiger partial charge in [-0.2, -0.15) is 0 Å². The Hall–Kier alpha value is -0.900. The maximum absolute atomic E-state index is 6.58. The Kier molecular flexibility index (Phi) is 4.63. The zero-order chi connectivity index (χ0) is 14.8. The maximum atomic E-state index is 6.58. The Bertz CT molecular complexity index is 643. The van der Waals surface area contributed by atoms with Crippen LogP contribution in [0.2, 0.25) is 5.02 Å². The van der Waals surface area contributed by atoms with Crippen molar-refractivity contribution in [1.82, 2.24) is 0 Å². The molecule has 0 radical (unpaired) electrons. The molecule has 2 nitrogen and oxygen atoms in total. The number of halogens is 3. The minimum Gasteiger partial charge on any atom is -0.490 e. The lowest BCUT2D eigenvalue weighted by molar-refractivity contribution is 0.297. The van der Waals surface area contributed by atoms with Crippen LogP contribution in [0.25, 0.3) is 0 Å². The van der Waals surface area contributed by atoms with Crippen LogP contribution in [0, 0.1) is 0 Å².